The summed E-state index contributed by atoms with van der Waals surface area (Å²) in [6.07, 6.45) is 0. The molecule has 32 heavy (non-hydrogen) atoms. The number of carbonyl (C=O) groups excluding carboxylic acids is 1. The second-order valence-corrected chi connectivity index (χ2v) is 7.43. The molecule has 1 aromatic heterocycles. The minimum absolute atomic E-state index is 0.159. The van der Waals surface area contributed by atoms with Crippen molar-refractivity contribution in [3.63, 3.8) is 0 Å². The van der Waals surface area contributed by atoms with Crippen LogP contribution in [0.3, 0.4) is 0 Å². The third-order valence-corrected chi connectivity index (χ3v) is 5.20. The first kappa shape index (κ1) is 21.2. The van der Waals surface area contributed by atoms with Gasteiger partial charge in [0.1, 0.15) is 5.75 Å². The molecule has 3 aromatic carbocycles. The van der Waals surface area contributed by atoms with Crippen LogP contribution in [0.1, 0.15) is 0 Å². The van der Waals surface area contributed by atoms with Crippen molar-refractivity contribution in [1.29, 1.82) is 0 Å². The van der Waals surface area contributed by atoms with Crippen molar-refractivity contribution in [2.24, 2.45) is 10.2 Å². The topological polar surface area (TPSA) is 107 Å². The van der Waals surface area contributed by atoms with Gasteiger partial charge in [-0.3, -0.25) is 4.79 Å². The Morgan fingerprint density at radius 3 is 2.34 bits per heavy atom. The average molecular weight is 446 g/mol. The average Bonchev–Trinajstić information content (AvgIpc) is 3.32. The molecule has 9 nitrogen and oxygen atoms in total. The number of benzene rings is 3. The summed E-state index contributed by atoms with van der Waals surface area (Å²) in [5.74, 6) is 0.729. The lowest BCUT2D eigenvalue weighted by Gasteiger charge is -2.06. The Bertz CT molecular complexity index is 1190. The third-order valence-electron chi connectivity index (χ3n) is 4.28. The van der Waals surface area contributed by atoms with Crippen molar-refractivity contribution >= 4 is 34.7 Å². The smallest absolute Gasteiger partial charge is 0.234 e. The van der Waals surface area contributed by atoms with E-state index in [9.17, 15) is 4.79 Å². The molecule has 0 bridgehead atoms. The molecule has 0 radical (unpaired) electrons. The number of hydrogen-bond donors (Lipinski definition) is 1. The Morgan fingerprint density at radius 1 is 0.969 bits per heavy atom. The lowest BCUT2D eigenvalue weighted by atomic mass is 10.3. The molecule has 1 amide bonds. The predicted molar refractivity (Wildman–Crippen MR) is 122 cm³/mol. The molecular weight excluding hydrogens is 426 g/mol. The number of amides is 1. The number of thioether (sulfide) groups is 1. The van der Waals surface area contributed by atoms with Crippen molar-refractivity contribution in [3.05, 3.63) is 78.9 Å². The standard InChI is InChI=1S/C22H19N7O2S/c1-31-20-13-11-19(12-14-20)29-22(26-27-28-29)32-15-21(30)23-16-7-9-18(10-8-16)25-24-17-5-3-2-4-6-17/h2-14H,15H2,1H3,(H,23,30). The van der Waals surface area contributed by atoms with E-state index in [1.54, 1.807) is 36.1 Å². The summed E-state index contributed by atoms with van der Waals surface area (Å²) in [6, 6.07) is 24.0. The molecule has 0 aliphatic heterocycles. The highest BCUT2D eigenvalue weighted by atomic mass is 32.2. The van der Waals surface area contributed by atoms with Crippen molar-refractivity contribution in [2.45, 2.75) is 5.16 Å². The Labute approximate surface area is 188 Å². The maximum Gasteiger partial charge on any atom is 0.234 e. The Kier molecular flexibility index (Phi) is 6.83. The van der Waals surface area contributed by atoms with Gasteiger partial charge in [-0.05, 0) is 71.1 Å². The fourth-order valence-corrected chi connectivity index (χ4v) is 3.39. The molecule has 0 atom stereocenters. The number of ether oxygens (including phenoxy) is 1. The lowest BCUT2D eigenvalue weighted by molar-refractivity contribution is -0.113. The van der Waals surface area contributed by atoms with E-state index in [-0.39, 0.29) is 11.7 Å². The molecular formula is C22H19N7O2S. The summed E-state index contributed by atoms with van der Waals surface area (Å²) in [6.45, 7) is 0. The Balaban J connectivity index is 1.32. The number of anilines is 1. The largest absolute Gasteiger partial charge is 0.497 e. The second kappa shape index (κ2) is 10.3. The molecule has 4 aromatic rings. The number of aromatic nitrogens is 4. The quantitative estimate of drug-likeness (QED) is 0.308. The van der Waals surface area contributed by atoms with Crippen molar-refractivity contribution < 1.29 is 9.53 Å². The van der Waals surface area contributed by atoms with Crippen LogP contribution in [-0.4, -0.2) is 39.0 Å². The summed E-state index contributed by atoms with van der Waals surface area (Å²) in [5.41, 5.74) is 2.92. The van der Waals surface area contributed by atoms with Crippen LogP contribution < -0.4 is 10.1 Å². The lowest BCUT2D eigenvalue weighted by Crippen LogP contribution is -2.14. The normalized spacial score (nSPS) is 10.9. The third kappa shape index (κ3) is 5.55. The number of rotatable bonds is 8. The van der Waals surface area contributed by atoms with Gasteiger partial charge in [-0.15, -0.1) is 5.10 Å². The summed E-state index contributed by atoms with van der Waals surface area (Å²) < 4.78 is 6.74. The minimum atomic E-state index is -0.169. The molecule has 0 saturated heterocycles. The number of carbonyl (C=O) groups is 1. The highest BCUT2D eigenvalue weighted by molar-refractivity contribution is 7.99. The number of nitrogens with one attached hydrogen (secondary N) is 1. The monoisotopic (exact) mass is 445 g/mol. The van der Waals surface area contributed by atoms with E-state index < -0.39 is 0 Å². The van der Waals surface area contributed by atoms with Crippen LogP contribution in [0, 0.1) is 0 Å². The Hall–Kier alpha value is -4.05. The molecule has 160 valence electrons. The van der Waals surface area contributed by atoms with Crippen LogP contribution in [0.2, 0.25) is 0 Å². The van der Waals surface area contributed by atoms with Crippen LogP contribution in [0.4, 0.5) is 17.1 Å². The summed E-state index contributed by atoms with van der Waals surface area (Å²) in [4.78, 5) is 12.4. The van der Waals surface area contributed by atoms with Crippen LogP contribution in [-0.2, 0) is 4.79 Å². The first-order valence-corrected chi connectivity index (χ1v) is 10.6. The molecule has 1 heterocycles. The van der Waals surface area contributed by atoms with Crippen molar-refractivity contribution in [2.75, 3.05) is 18.2 Å². The number of methoxy groups -OCH3 is 1. The zero-order valence-electron chi connectivity index (χ0n) is 17.1. The van der Waals surface area contributed by atoms with Crippen LogP contribution in [0.5, 0.6) is 5.75 Å². The van der Waals surface area contributed by atoms with Gasteiger partial charge >= 0.3 is 0 Å². The minimum Gasteiger partial charge on any atom is -0.497 e. The Morgan fingerprint density at radius 2 is 1.66 bits per heavy atom. The van der Waals surface area contributed by atoms with E-state index >= 15 is 0 Å². The number of nitrogens with zero attached hydrogens (tertiary/aromatic N) is 6. The van der Waals surface area contributed by atoms with E-state index in [0.717, 1.165) is 17.1 Å². The second-order valence-electron chi connectivity index (χ2n) is 6.49. The van der Waals surface area contributed by atoms with E-state index in [1.807, 2.05) is 54.6 Å². The van der Waals surface area contributed by atoms with E-state index in [4.69, 9.17) is 4.74 Å². The molecule has 4 rings (SSSR count). The van der Waals surface area contributed by atoms with Gasteiger partial charge in [-0.1, -0.05) is 30.0 Å². The van der Waals surface area contributed by atoms with Crippen molar-refractivity contribution in [3.8, 4) is 11.4 Å². The zero-order chi connectivity index (χ0) is 22.2. The maximum atomic E-state index is 12.4. The fourth-order valence-electron chi connectivity index (χ4n) is 2.70. The van der Waals surface area contributed by atoms with Gasteiger partial charge < -0.3 is 10.1 Å². The van der Waals surface area contributed by atoms with Crippen molar-refractivity contribution in [1.82, 2.24) is 20.2 Å². The maximum absolute atomic E-state index is 12.4. The summed E-state index contributed by atoms with van der Waals surface area (Å²) in [5, 5.41) is 23.4. The number of azo groups is 1. The fraction of sp³-hybridized carbons (Fsp3) is 0.0909. The molecule has 0 fully saturated rings. The van der Waals surface area contributed by atoms with Crippen LogP contribution in [0.25, 0.3) is 5.69 Å². The molecule has 0 aliphatic carbocycles. The van der Waals surface area contributed by atoms with Crippen LogP contribution >= 0.6 is 11.8 Å². The van der Waals surface area contributed by atoms with E-state index in [2.05, 4.69) is 31.1 Å². The van der Waals surface area contributed by atoms with Gasteiger partial charge in [-0.25, -0.2) is 0 Å². The first-order valence-electron chi connectivity index (χ1n) is 9.63. The van der Waals surface area contributed by atoms with Crippen LogP contribution in [0.15, 0.2) is 94.2 Å². The van der Waals surface area contributed by atoms with Gasteiger partial charge in [0, 0.05) is 5.69 Å². The zero-order valence-corrected chi connectivity index (χ0v) is 17.9. The molecule has 10 heteroatoms. The van der Waals surface area contributed by atoms with Gasteiger partial charge in [-0.2, -0.15) is 14.9 Å². The van der Waals surface area contributed by atoms with E-state index in [0.29, 0.717) is 16.5 Å². The van der Waals surface area contributed by atoms with E-state index in [1.165, 1.54) is 11.8 Å². The molecule has 0 saturated carbocycles. The highest BCUT2D eigenvalue weighted by Gasteiger charge is 2.12. The molecule has 1 N–H and O–H groups in total. The number of tetrazole rings is 1. The predicted octanol–water partition coefficient (Wildman–Crippen LogP) is 4.82. The van der Waals surface area contributed by atoms with Gasteiger partial charge in [0.2, 0.25) is 11.1 Å². The first-order chi connectivity index (χ1) is 15.7. The van der Waals surface area contributed by atoms with Gasteiger partial charge in [0.15, 0.2) is 0 Å². The molecule has 0 spiro atoms. The van der Waals surface area contributed by atoms with Gasteiger partial charge in [0.05, 0.1) is 29.9 Å². The molecule has 0 unspecified atom stereocenters. The number of hydrogen-bond acceptors (Lipinski definition) is 8. The summed E-state index contributed by atoms with van der Waals surface area (Å²) >= 11 is 1.24. The van der Waals surface area contributed by atoms with Gasteiger partial charge in [0.25, 0.3) is 0 Å². The summed E-state index contributed by atoms with van der Waals surface area (Å²) in [7, 11) is 1.61. The SMILES string of the molecule is COc1ccc(-n2nnnc2SCC(=O)Nc2ccc(N=Nc3ccccc3)cc2)cc1. The molecule has 0 aliphatic rings. The highest BCUT2D eigenvalue weighted by Crippen LogP contribution is 2.22.